The third-order valence-electron chi connectivity index (χ3n) is 11.0. The lowest BCUT2D eigenvalue weighted by Crippen LogP contribution is -2.49. The van der Waals surface area contributed by atoms with Crippen molar-refractivity contribution in [3.05, 3.63) is 70.3 Å². The monoisotopic (exact) mass is 640 g/mol. The number of amides is 1. The van der Waals surface area contributed by atoms with Gasteiger partial charge in [0.25, 0.3) is 5.91 Å². The van der Waals surface area contributed by atoms with Gasteiger partial charge in [0.2, 0.25) is 10.0 Å². The first kappa shape index (κ1) is 31.4. The Bertz CT molecular complexity index is 1540. The zero-order valence-electron chi connectivity index (χ0n) is 26.2. The van der Waals surface area contributed by atoms with Gasteiger partial charge in [0.15, 0.2) is 0 Å². The summed E-state index contributed by atoms with van der Waals surface area (Å²) >= 11 is 6.42. The highest BCUT2D eigenvalue weighted by molar-refractivity contribution is 7.90. The second-order valence-electron chi connectivity index (χ2n) is 13.5. The number of methoxy groups -OCH3 is 1. The molecule has 0 radical (unpaired) electrons. The van der Waals surface area contributed by atoms with E-state index in [1.165, 1.54) is 11.1 Å². The van der Waals surface area contributed by atoms with Gasteiger partial charge in [-0.15, -0.1) is 0 Å². The maximum Gasteiger partial charge on any atom is 0.264 e. The first-order valence-corrected chi connectivity index (χ1v) is 18.1. The molecule has 1 amide bonds. The van der Waals surface area contributed by atoms with E-state index in [9.17, 15) is 13.2 Å². The highest BCUT2D eigenvalue weighted by Gasteiger charge is 2.44. The molecule has 7 atom stereocenters. The van der Waals surface area contributed by atoms with E-state index >= 15 is 0 Å². The summed E-state index contributed by atoms with van der Waals surface area (Å²) in [5.74, 6) is 0.670. The predicted molar refractivity (Wildman–Crippen MR) is 175 cm³/mol. The van der Waals surface area contributed by atoms with Gasteiger partial charge < -0.3 is 14.4 Å². The highest BCUT2D eigenvalue weighted by atomic mass is 35.5. The number of nitrogens with one attached hydrogen (secondary N) is 1. The largest absolute Gasteiger partial charge is 0.490 e. The van der Waals surface area contributed by atoms with E-state index in [0.29, 0.717) is 30.4 Å². The second kappa shape index (κ2) is 12.3. The standard InChI is InChI=1S/C35H45ClN2O5S/c1-5-33-23(3)22(2)8-14-31(42-4)28-12-9-26(28)19-38-20-35(16-6-7-24-17-27(36)11-13-29(24)35)21-43-32-15-10-25(18-30(32)38)34(39)37-44(33,40)41/h8,10-11,13-15,17-18,22-23,26,28,31,33H,5-7,9,12,16,19-21H2,1-4H3,(H,37,39)/b14-8-/t22-,23-,26-,28+,31-,33+,35-/m0/s1. The Hall–Kier alpha value is -2.55. The molecule has 0 saturated heterocycles. The summed E-state index contributed by atoms with van der Waals surface area (Å²) in [7, 11) is -2.16. The topological polar surface area (TPSA) is 84.9 Å². The average molecular weight is 641 g/mol. The van der Waals surface area contributed by atoms with E-state index in [1.54, 1.807) is 13.2 Å². The van der Waals surface area contributed by atoms with E-state index in [1.807, 2.05) is 39.0 Å². The van der Waals surface area contributed by atoms with Gasteiger partial charge in [-0.2, -0.15) is 0 Å². The third kappa shape index (κ3) is 5.78. The lowest BCUT2D eigenvalue weighted by atomic mass is 9.68. The van der Waals surface area contributed by atoms with Gasteiger partial charge in [-0.1, -0.05) is 50.6 Å². The molecule has 2 aromatic carbocycles. The summed E-state index contributed by atoms with van der Waals surface area (Å²) in [5, 5.41) is 0.0380. The molecule has 6 rings (SSSR count). The number of hydrogen-bond acceptors (Lipinski definition) is 6. The summed E-state index contributed by atoms with van der Waals surface area (Å²) in [6.45, 7) is 7.92. The van der Waals surface area contributed by atoms with Crippen molar-refractivity contribution in [1.29, 1.82) is 0 Å². The summed E-state index contributed by atoms with van der Waals surface area (Å²) in [6.07, 6.45) is 9.82. The maximum atomic E-state index is 13.6. The molecule has 1 N–H and O–H groups in total. The zero-order chi connectivity index (χ0) is 31.2. The summed E-state index contributed by atoms with van der Waals surface area (Å²) in [6, 6.07) is 11.6. The molecular weight excluding hydrogens is 596 g/mol. The van der Waals surface area contributed by atoms with E-state index < -0.39 is 21.2 Å². The number of carbonyl (C=O) groups is 1. The van der Waals surface area contributed by atoms with Crippen LogP contribution in [0.4, 0.5) is 5.69 Å². The molecule has 7 nitrogen and oxygen atoms in total. The van der Waals surface area contributed by atoms with Crippen LogP contribution >= 0.6 is 11.6 Å². The van der Waals surface area contributed by atoms with Crippen LogP contribution in [0, 0.1) is 23.7 Å². The first-order chi connectivity index (χ1) is 21.0. The molecule has 4 aliphatic rings. The Balaban J connectivity index is 1.44. The minimum atomic E-state index is -3.93. The zero-order valence-corrected chi connectivity index (χ0v) is 27.8. The maximum absolute atomic E-state index is 13.6. The third-order valence-corrected chi connectivity index (χ3v) is 13.2. The van der Waals surface area contributed by atoms with E-state index in [4.69, 9.17) is 21.1 Å². The molecule has 0 unspecified atom stereocenters. The van der Waals surface area contributed by atoms with Crippen LogP contribution < -0.4 is 14.4 Å². The Morgan fingerprint density at radius 2 is 1.95 bits per heavy atom. The number of nitrogens with zero attached hydrogens (tertiary/aromatic N) is 1. The van der Waals surface area contributed by atoms with E-state index in [2.05, 4.69) is 33.9 Å². The number of fused-ring (bicyclic) bond motifs is 4. The smallest absolute Gasteiger partial charge is 0.264 e. The van der Waals surface area contributed by atoms with E-state index in [-0.39, 0.29) is 23.4 Å². The number of ether oxygens (including phenoxy) is 2. The Morgan fingerprint density at radius 1 is 1.14 bits per heavy atom. The molecule has 2 bridgehead atoms. The fourth-order valence-corrected chi connectivity index (χ4v) is 10.1. The minimum absolute atomic E-state index is 0.0101. The van der Waals surface area contributed by atoms with Crippen LogP contribution in [0.3, 0.4) is 0 Å². The van der Waals surface area contributed by atoms with Crippen molar-refractivity contribution < 1.29 is 22.7 Å². The van der Waals surface area contributed by atoms with Crippen molar-refractivity contribution in [3.8, 4) is 5.75 Å². The molecule has 2 heterocycles. The molecule has 238 valence electrons. The summed E-state index contributed by atoms with van der Waals surface area (Å²) < 4.78 is 42.2. The molecule has 0 aromatic heterocycles. The quantitative estimate of drug-likeness (QED) is 0.376. The van der Waals surface area contributed by atoms with Crippen molar-refractivity contribution in [2.75, 3.05) is 31.7 Å². The Kier molecular flexibility index (Phi) is 8.81. The number of aryl methyl sites for hydroxylation is 1. The van der Waals surface area contributed by atoms with Gasteiger partial charge >= 0.3 is 0 Å². The van der Waals surface area contributed by atoms with Crippen LogP contribution in [0.25, 0.3) is 0 Å². The van der Waals surface area contributed by atoms with Gasteiger partial charge in [-0.05, 0) is 104 Å². The number of halogens is 1. The number of carbonyl (C=O) groups excluding carboxylic acids is 1. The van der Waals surface area contributed by atoms with Gasteiger partial charge in [0, 0.05) is 36.2 Å². The highest BCUT2D eigenvalue weighted by Crippen LogP contribution is 2.47. The molecule has 1 saturated carbocycles. The van der Waals surface area contributed by atoms with Crippen LogP contribution in [0.2, 0.25) is 5.02 Å². The Labute approximate surface area is 267 Å². The van der Waals surface area contributed by atoms with E-state index in [0.717, 1.165) is 61.7 Å². The Morgan fingerprint density at radius 3 is 2.68 bits per heavy atom. The molecule has 9 heteroatoms. The van der Waals surface area contributed by atoms with Gasteiger partial charge in [-0.25, -0.2) is 13.1 Å². The fraction of sp³-hybridized carbons (Fsp3) is 0.571. The van der Waals surface area contributed by atoms with Crippen molar-refractivity contribution in [2.24, 2.45) is 23.7 Å². The van der Waals surface area contributed by atoms with Gasteiger partial charge in [-0.3, -0.25) is 4.79 Å². The minimum Gasteiger partial charge on any atom is -0.490 e. The molecule has 1 fully saturated rings. The molecule has 2 aliphatic carbocycles. The van der Waals surface area contributed by atoms with Gasteiger partial charge in [0.05, 0.1) is 23.6 Å². The van der Waals surface area contributed by atoms with Crippen molar-refractivity contribution in [2.45, 2.75) is 76.1 Å². The van der Waals surface area contributed by atoms with Crippen LogP contribution in [0.5, 0.6) is 5.75 Å². The number of rotatable bonds is 2. The molecule has 1 spiro atoms. The fourth-order valence-electron chi connectivity index (χ4n) is 8.12. The molecule has 44 heavy (non-hydrogen) atoms. The lowest BCUT2D eigenvalue weighted by Gasteiger charge is -2.46. The lowest BCUT2D eigenvalue weighted by molar-refractivity contribution is 0.0129. The number of hydrogen-bond donors (Lipinski definition) is 1. The number of allylic oxidation sites excluding steroid dienone is 1. The van der Waals surface area contributed by atoms with Crippen molar-refractivity contribution in [1.82, 2.24) is 4.72 Å². The summed E-state index contributed by atoms with van der Waals surface area (Å²) in [4.78, 5) is 16.0. The average Bonchev–Trinajstić information content (AvgIpc) is 3.13. The normalized spacial score (nSPS) is 34.0. The number of sulfonamides is 1. The van der Waals surface area contributed by atoms with Crippen molar-refractivity contribution >= 4 is 33.2 Å². The SMILES string of the molecule is CC[C@@H]1[C@@H](C)[C@@H](C)/C=C\[C@H](OC)[C@@H]2CC[C@H]2CN2C[C@@]3(CCCc4cc(Cl)ccc43)COc3ccc(cc32)C(=O)NS1(=O)=O. The van der Waals surface area contributed by atoms with Crippen LogP contribution in [0.1, 0.15) is 74.4 Å². The molecule has 2 aliphatic heterocycles. The van der Waals surface area contributed by atoms with Crippen molar-refractivity contribution in [3.63, 3.8) is 0 Å². The second-order valence-corrected chi connectivity index (χ2v) is 15.9. The summed E-state index contributed by atoms with van der Waals surface area (Å²) in [5.41, 5.74) is 3.48. The number of anilines is 1. The van der Waals surface area contributed by atoms with Crippen LogP contribution in [-0.2, 0) is 26.6 Å². The predicted octanol–water partition coefficient (Wildman–Crippen LogP) is 6.53. The molecular formula is C35H45ClN2O5S. The van der Waals surface area contributed by atoms with Gasteiger partial charge in [0.1, 0.15) is 5.75 Å². The number of benzene rings is 2. The molecule has 2 aromatic rings. The van der Waals surface area contributed by atoms with Crippen LogP contribution in [0.15, 0.2) is 48.6 Å². The first-order valence-electron chi connectivity index (χ1n) is 16.1. The van der Waals surface area contributed by atoms with Crippen LogP contribution in [-0.4, -0.2) is 52.5 Å².